The van der Waals surface area contributed by atoms with Crippen molar-refractivity contribution in [2.24, 2.45) is 40.9 Å². The summed E-state index contributed by atoms with van der Waals surface area (Å²) in [5, 5.41) is 10.4. The predicted molar refractivity (Wildman–Crippen MR) is 96.8 cm³/mol. The fourth-order valence-electron chi connectivity index (χ4n) is 7.78. The molecule has 2 nitrogen and oxygen atoms in total. The number of hydrogen-bond donors (Lipinski definition) is 1. The third-order valence-corrected chi connectivity index (χ3v) is 8.98. The van der Waals surface area contributed by atoms with Crippen LogP contribution in [0, 0.1) is 40.9 Å². The van der Waals surface area contributed by atoms with Crippen molar-refractivity contribution < 1.29 is 14.3 Å². The number of alkyl halides is 1. The van der Waals surface area contributed by atoms with E-state index in [4.69, 9.17) is 0 Å². The molecule has 0 bridgehead atoms. The number of carbonyl (C=O) groups is 1. The van der Waals surface area contributed by atoms with E-state index in [1.54, 1.807) is 0 Å². The van der Waals surface area contributed by atoms with Gasteiger partial charge in [0.2, 0.25) is 0 Å². The third-order valence-electron chi connectivity index (χ3n) is 8.98. The van der Waals surface area contributed by atoms with Gasteiger partial charge in [0.05, 0.1) is 5.60 Å². The summed E-state index contributed by atoms with van der Waals surface area (Å²) >= 11 is 0. The lowest BCUT2D eigenvalue weighted by Crippen LogP contribution is -2.54. The van der Waals surface area contributed by atoms with E-state index in [1.807, 2.05) is 13.8 Å². The highest BCUT2D eigenvalue weighted by atomic mass is 19.1. The Morgan fingerprint density at radius 1 is 1.04 bits per heavy atom. The molecule has 0 aromatic carbocycles. The van der Waals surface area contributed by atoms with Crippen LogP contribution in [0.1, 0.15) is 78.6 Å². The highest BCUT2D eigenvalue weighted by molar-refractivity contribution is 5.81. The summed E-state index contributed by atoms with van der Waals surface area (Å²) in [6.45, 7) is 6.21. The van der Waals surface area contributed by atoms with Crippen LogP contribution in [0.5, 0.6) is 0 Å². The normalized spacial score (nSPS) is 55.2. The molecule has 0 aliphatic heterocycles. The SMILES string of the molecule is CCC(=O)[C@H]1CC[C@H]2[C@@H]3C[C@@H](F)[C@@H]4C[C@](C)(O)CC[C@@H]4[C@H]3CC[C@]12C. The summed E-state index contributed by atoms with van der Waals surface area (Å²) < 4.78 is 15.2. The second-order valence-electron chi connectivity index (χ2n) is 10.2. The first kappa shape index (κ1) is 17.9. The first-order chi connectivity index (χ1) is 11.8. The van der Waals surface area contributed by atoms with Crippen molar-refractivity contribution in [1.82, 2.24) is 0 Å². The summed E-state index contributed by atoms with van der Waals surface area (Å²) in [7, 11) is 0. The average Bonchev–Trinajstić information content (AvgIpc) is 2.91. The van der Waals surface area contributed by atoms with Crippen LogP contribution in [-0.4, -0.2) is 22.7 Å². The molecule has 1 N–H and O–H groups in total. The van der Waals surface area contributed by atoms with Gasteiger partial charge in [0, 0.05) is 12.3 Å². The summed E-state index contributed by atoms with van der Waals surface area (Å²) in [5.41, 5.74) is -0.561. The van der Waals surface area contributed by atoms with Crippen molar-refractivity contribution in [3.05, 3.63) is 0 Å². The fourth-order valence-corrected chi connectivity index (χ4v) is 7.78. The molecule has 0 amide bonds. The second-order valence-corrected chi connectivity index (χ2v) is 10.2. The molecule has 4 aliphatic rings. The molecule has 0 aromatic heterocycles. The minimum absolute atomic E-state index is 0.0591. The fraction of sp³-hybridized carbons (Fsp3) is 0.955. The molecule has 4 rings (SSSR count). The molecular formula is C22H35FO2. The van der Waals surface area contributed by atoms with Crippen LogP contribution >= 0.6 is 0 Å². The van der Waals surface area contributed by atoms with Crippen molar-refractivity contribution in [2.75, 3.05) is 0 Å². The minimum atomic E-state index is -0.763. The van der Waals surface area contributed by atoms with E-state index in [2.05, 4.69) is 6.92 Å². The summed E-state index contributed by atoms with van der Waals surface area (Å²) in [5.74, 6) is 2.79. The molecule has 3 heteroatoms. The standard InChI is InChI=1S/C22H35FO2/c1-4-20(24)18-6-5-17-15-11-19(23)16-12-21(2,25)9-7-14(16)13(15)8-10-22(17,18)3/h13-19,25H,4-12H2,1-3H3/t13-,14-,15-,16-,17+,18-,19-,21-,22+/m1/s1. The average molecular weight is 351 g/mol. The zero-order chi connectivity index (χ0) is 18.0. The van der Waals surface area contributed by atoms with Crippen LogP contribution in [0.15, 0.2) is 0 Å². The van der Waals surface area contributed by atoms with Gasteiger partial charge in [0.15, 0.2) is 0 Å². The third kappa shape index (κ3) is 2.71. The van der Waals surface area contributed by atoms with Crippen LogP contribution in [0.25, 0.3) is 0 Å². The lowest BCUT2D eigenvalue weighted by molar-refractivity contribution is -0.138. The van der Waals surface area contributed by atoms with Crippen molar-refractivity contribution in [2.45, 2.75) is 90.3 Å². The zero-order valence-electron chi connectivity index (χ0n) is 16.1. The van der Waals surface area contributed by atoms with Gasteiger partial charge >= 0.3 is 0 Å². The van der Waals surface area contributed by atoms with E-state index >= 15 is 4.39 Å². The monoisotopic (exact) mass is 350 g/mol. The first-order valence-electron chi connectivity index (χ1n) is 10.7. The summed E-state index contributed by atoms with van der Waals surface area (Å²) in [6.07, 6.45) is 7.46. The molecule has 4 aliphatic carbocycles. The molecule has 4 fully saturated rings. The Hall–Kier alpha value is -0.440. The van der Waals surface area contributed by atoms with E-state index in [-0.39, 0.29) is 17.3 Å². The van der Waals surface area contributed by atoms with E-state index in [9.17, 15) is 9.90 Å². The maximum atomic E-state index is 15.2. The van der Waals surface area contributed by atoms with Crippen molar-refractivity contribution in [3.63, 3.8) is 0 Å². The molecule has 0 saturated heterocycles. The first-order valence-corrected chi connectivity index (χ1v) is 10.7. The molecule has 0 spiro atoms. The van der Waals surface area contributed by atoms with Crippen molar-refractivity contribution in [3.8, 4) is 0 Å². The largest absolute Gasteiger partial charge is 0.390 e. The van der Waals surface area contributed by atoms with Crippen LogP contribution in [-0.2, 0) is 4.79 Å². The second kappa shape index (κ2) is 6.04. The van der Waals surface area contributed by atoms with Crippen LogP contribution in [0.2, 0.25) is 0 Å². The van der Waals surface area contributed by atoms with Gasteiger partial charge in [-0.15, -0.1) is 0 Å². The highest BCUT2D eigenvalue weighted by Crippen LogP contribution is 2.65. The van der Waals surface area contributed by atoms with Crippen molar-refractivity contribution in [1.29, 1.82) is 0 Å². The van der Waals surface area contributed by atoms with Gasteiger partial charge in [0.25, 0.3) is 0 Å². The van der Waals surface area contributed by atoms with Crippen LogP contribution in [0.3, 0.4) is 0 Å². The topological polar surface area (TPSA) is 37.3 Å². The molecule has 0 aromatic rings. The lowest BCUT2D eigenvalue weighted by Gasteiger charge is -2.57. The number of carbonyl (C=O) groups excluding carboxylic acids is 1. The minimum Gasteiger partial charge on any atom is -0.390 e. The van der Waals surface area contributed by atoms with Gasteiger partial charge in [-0.2, -0.15) is 0 Å². The van der Waals surface area contributed by atoms with Gasteiger partial charge in [0.1, 0.15) is 12.0 Å². The van der Waals surface area contributed by atoms with E-state index in [0.29, 0.717) is 48.7 Å². The predicted octanol–water partition coefficient (Wildman–Crippen LogP) is 4.93. The Bertz CT molecular complexity index is 544. The number of fused-ring (bicyclic) bond motifs is 5. The Kier molecular flexibility index (Phi) is 4.34. The Morgan fingerprint density at radius 2 is 1.72 bits per heavy atom. The Morgan fingerprint density at radius 3 is 2.44 bits per heavy atom. The highest BCUT2D eigenvalue weighted by Gasteiger charge is 2.60. The molecule has 9 atom stereocenters. The van der Waals surface area contributed by atoms with Gasteiger partial charge in [-0.1, -0.05) is 13.8 Å². The van der Waals surface area contributed by atoms with Gasteiger partial charge in [-0.05, 0) is 93.3 Å². The molecule has 142 valence electrons. The van der Waals surface area contributed by atoms with E-state index < -0.39 is 11.8 Å². The van der Waals surface area contributed by atoms with Gasteiger partial charge in [-0.25, -0.2) is 4.39 Å². The summed E-state index contributed by atoms with van der Waals surface area (Å²) in [6, 6.07) is 0. The molecule has 0 unspecified atom stereocenters. The van der Waals surface area contributed by atoms with Crippen molar-refractivity contribution >= 4 is 5.78 Å². The summed E-state index contributed by atoms with van der Waals surface area (Å²) in [4.78, 5) is 12.5. The zero-order valence-corrected chi connectivity index (χ0v) is 16.1. The number of aliphatic hydroxyl groups is 1. The Labute approximate surface area is 152 Å². The van der Waals surface area contributed by atoms with E-state index in [0.717, 1.165) is 32.1 Å². The number of ketones is 1. The number of rotatable bonds is 2. The number of Topliss-reactive ketones (excluding diaryl/α,β-unsaturated/α-hetero) is 1. The van der Waals surface area contributed by atoms with Gasteiger partial charge in [-0.3, -0.25) is 4.79 Å². The molecule has 0 radical (unpaired) electrons. The van der Waals surface area contributed by atoms with E-state index in [1.165, 1.54) is 6.42 Å². The number of halogens is 1. The lowest BCUT2D eigenvalue weighted by atomic mass is 9.48. The maximum absolute atomic E-state index is 15.2. The van der Waals surface area contributed by atoms with Crippen LogP contribution in [0.4, 0.5) is 4.39 Å². The smallest absolute Gasteiger partial charge is 0.136 e. The maximum Gasteiger partial charge on any atom is 0.136 e. The molecule has 0 heterocycles. The van der Waals surface area contributed by atoms with Gasteiger partial charge < -0.3 is 5.11 Å². The Balaban J connectivity index is 1.58. The molecule has 25 heavy (non-hydrogen) atoms. The number of hydrogen-bond acceptors (Lipinski definition) is 2. The molecule has 4 saturated carbocycles. The quantitative estimate of drug-likeness (QED) is 0.766. The molecular weight excluding hydrogens is 315 g/mol. The van der Waals surface area contributed by atoms with Crippen LogP contribution < -0.4 is 0 Å².